The van der Waals surface area contributed by atoms with Gasteiger partial charge in [0.2, 0.25) is 0 Å². The summed E-state index contributed by atoms with van der Waals surface area (Å²) in [6.45, 7) is 4.09. The molecule has 0 radical (unpaired) electrons. The highest BCUT2D eigenvalue weighted by Gasteiger charge is 2.19. The minimum absolute atomic E-state index is 0.645. The lowest BCUT2D eigenvalue weighted by Crippen LogP contribution is -2.35. The van der Waals surface area contributed by atoms with Crippen LogP contribution in [0.2, 0.25) is 0 Å². The molecule has 1 atom stereocenters. The summed E-state index contributed by atoms with van der Waals surface area (Å²) in [7, 11) is 2.18. The summed E-state index contributed by atoms with van der Waals surface area (Å²) in [5.41, 5.74) is 5.14. The summed E-state index contributed by atoms with van der Waals surface area (Å²) in [5.74, 6) is 0.908. The Bertz CT molecular complexity index is 236. The Morgan fingerprint density at radius 2 is 2.06 bits per heavy atom. The van der Waals surface area contributed by atoms with Gasteiger partial charge in [0.25, 0.3) is 0 Å². The van der Waals surface area contributed by atoms with Crippen LogP contribution in [0.15, 0.2) is 0 Å². The fourth-order valence-electron chi connectivity index (χ4n) is 2.50. The zero-order chi connectivity index (χ0) is 12.0. The second kappa shape index (κ2) is 6.22. The van der Waals surface area contributed by atoms with Gasteiger partial charge in [0.15, 0.2) is 0 Å². The van der Waals surface area contributed by atoms with Crippen LogP contribution in [0.25, 0.3) is 0 Å². The van der Waals surface area contributed by atoms with Crippen LogP contribution in [0, 0.1) is 17.2 Å². The van der Waals surface area contributed by atoms with Gasteiger partial charge >= 0.3 is 0 Å². The van der Waals surface area contributed by atoms with Gasteiger partial charge in [-0.2, -0.15) is 5.26 Å². The summed E-state index contributed by atoms with van der Waals surface area (Å²) < 4.78 is 0. The van der Waals surface area contributed by atoms with Crippen molar-refractivity contribution in [3.8, 4) is 6.07 Å². The van der Waals surface area contributed by atoms with Gasteiger partial charge in [0.1, 0.15) is 5.54 Å². The predicted octanol–water partition coefficient (Wildman–Crippen LogP) is 2.13. The van der Waals surface area contributed by atoms with E-state index in [2.05, 4.69) is 18.0 Å². The van der Waals surface area contributed by atoms with Crippen molar-refractivity contribution >= 4 is 0 Å². The molecular weight excluding hydrogens is 198 g/mol. The maximum absolute atomic E-state index is 8.80. The minimum Gasteiger partial charge on any atom is -0.314 e. The zero-order valence-corrected chi connectivity index (χ0v) is 10.7. The topological polar surface area (TPSA) is 53.0 Å². The Hall–Kier alpha value is -0.590. The molecule has 1 fully saturated rings. The molecule has 92 valence electrons. The first-order valence-electron chi connectivity index (χ1n) is 6.42. The van der Waals surface area contributed by atoms with Crippen molar-refractivity contribution in [2.45, 2.75) is 51.0 Å². The largest absolute Gasteiger partial charge is 0.314 e. The summed E-state index contributed by atoms with van der Waals surface area (Å²) in [4.78, 5) is 2.39. The number of nitrogens with two attached hydrogens (primary N) is 1. The van der Waals surface area contributed by atoms with E-state index in [9.17, 15) is 0 Å². The molecule has 0 aromatic heterocycles. The average Bonchev–Trinajstić information content (AvgIpc) is 2.70. The molecule has 1 saturated carbocycles. The van der Waals surface area contributed by atoms with Crippen molar-refractivity contribution in [1.29, 1.82) is 5.26 Å². The summed E-state index contributed by atoms with van der Waals surface area (Å²) in [6, 6.07) is 2.15. The third-order valence-electron chi connectivity index (χ3n) is 3.54. The van der Waals surface area contributed by atoms with E-state index >= 15 is 0 Å². The molecule has 0 heterocycles. The van der Waals surface area contributed by atoms with E-state index in [1.54, 1.807) is 0 Å². The van der Waals surface area contributed by atoms with Crippen LogP contribution in [-0.2, 0) is 0 Å². The second-order valence-electron chi connectivity index (χ2n) is 5.55. The highest BCUT2D eigenvalue weighted by molar-refractivity contribution is 5.00. The number of hydrogen-bond acceptors (Lipinski definition) is 3. The van der Waals surface area contributed by atoms with E-state index < -0.39 is 5.54 Å². The molecule has 2 N–H and O–H groups in total. The number of rotatable bonds is 6. The highest BCUT2D eigenvalue weighted by Crippen LogP contribution is 2.25. The van der Waals surface area contributed by atoms with Crippen LogP contribution in [-0.4, -0.2) is 30.6 Å². The number of nitriles is 1. The van der Waals surface area contributed by atoms with Gasteiger partial charge in [-0.25, -0.2) is 0 Å². The van der Waals surface area contributed by atoms with E-state index in [0.717, 1.165) is 25.3 Å². The van der Waals surface area contributed by atoms with Gasteiger partial charge in [-0.15, -0.1) is 0 Å². The molecule has 0 saturated heterocycles. The van der Waals surface area contributed by atoms with Crippen molar-refractivity contribution in [2.24, 2.45) is 11.7 Å². The van der Waals surface area contributed by atoms with Crippen molar-refractivity contribution in [3.63, 3.8) is 0 Å². The summed E-state index contributed by atoms with van der Waals surface area (Å²) >= 11 is 0. The average molecular weight is 223 g/mol. The molecule has 3 heteroatoms. The second-order valence-corrected chi connectivity index (χ2v) is 5.55. The summed E-state index contributed by atoms with van der Waals surface area (Å²) in [6.07, 6.45) is 7.43. The molecule has 0 bridgehead atoms. The normalized spacial score (nSPS) is 20.9. The monoisotopic (exact) mass is 223 g/mol. The summed E-state index contributed by atoms with van der Waals surface area (Å²) in [5, 5.41) is 8.80. The van der Waals surface area contributed by atoms with E-state index in [4.69, 9.17) is 11.0 Å². The Balaban J connectivity index is 2.10. The molecule has 0 aromatic carbocycles. The molecule has 0 aromatic rings. The number of nitrogens with zero attached hydrogens (tertiary/aromatic N) is 2. The van der Waals surface area contributed by atoms with Crippen LogP contribution in [0.3, 0.4) is 0 Å². The molecule has 1 aliphatic rings. The van der Waals surface area contributed by atoms with Crippen LogP contribution >= 0.6 is 0 Å². The van der Waals surface area contributed by atoms with Gasteiger partial charge < -0.3 is 10.6 Å². The SMILES string of the molecule is CN(CCCC(C)(N)C#N)CC1CCCC1. The molecule has 16 heavy (non-hydrogen) atoms. The van der Waals surface area contributed by atoms with Crippen molar-refractivity contribution in [3.05, 3.63) is 0 Å². The Morgan fingerprint density at radius 3 is 2.62 bits per heavy atom. The third-order valence-corrected chi connectivity index (χ3v) is 3.54. The molecule has 1 aliphatic carbocycles. The van der Waals surface area contributed by atoms with Crippen LogP contribution in [0.1, 0.15) is 45.4 Å². The lowest BCUT2D eigenvalue weighted by atomic mass is 9.99. The Kier molecular flexibility index (Phi) is 5.24. The maximum atomic E-state index is 8.80. The van der Waals surface area contributed by atoms with Crippen molar-refractivity contribution < 1.29 is 0 Å². The van der Waals surface area contributed by atoms with Gasteiger partial charge in [-0.05, 0) is 52.1 Å². The standard InChI is InChI=1S/C13H25N3/c1-13(15,11-14)8-5-9-16(2)10-12-6-3-4-7-12/h12H,3-10,15H2,1-2H3. The fraction of sp³-hybridized carbons (Fsp3) is 0.923. The number of hydrogen-bond donors (Lipinski definition) is 1. The molecule has 1 rings (SSSR count). The molecule has 3 nitrogen and oxygen atoms in total. The van der Waals surface area contributed by atoms with E-state index in [-0.39, 0.29) is 0 Å². The van der Waals surface area contributed by atoms with Crippen molar-refractivity contribution in [1.82, 2.24) is 4.90 Å². The molecule has 0 aliphatic heterocycles. The van der Waals surface area contributed by atoms with Gasteiger partial charge in [-0.3, -0.25) is 0 Å². The fourth-order valence-corrected chi connectivity index (χ4v) is 2.50. The third kappa shape index (κ3) is 4.96. The first-order chi connectivity index (χ1) is 7.53. The maximum Gasteiger partial charge on any atom is 0.101 e. The molecule has 1 unspecified atom stereocenters. The molecule has 0 spiro atoms. The van der Waals surface area contributed by atoms with E-state index in [1.165, 1.54) is 32.2 Å². The lowest BCUT2D eigenvalue weighted by molar-refractivity contribution is 0.268. The van der Waals surface area contributed by atoms with Crippen LogP contribution < -0.4 is 5.73 Å². The molecular formula is C13H25N3. The van der Waals surface area contributed by atoms with E-state index in [0.29, 0.717) is 0 Å². The highest BCUT2D eigenvalue weighted by atomic mass is 15.1. The molecule has 0 amide bonds. The first kappa shape index (κ1) is 13.5. The Labute approximate surface area is 99.6 Å². The van der Waals surface area contributed by atoms with E-state index in [1.807, 2.05) is 6.92 Å². The minimum atomic E-state index is -0.645. The quantitative estimate of drug-likeness (QED) is 0.750. The Morgan fingerprint density at radius 1 is 1.44 bits per heavy atom. The zero-order valence-electron chi connectivity index (χ0n) is 10.7. The first-order valence-corrected chi connectivity index (χ1v) is 6.42. The van der Waals surface area contributed by atoms with Gasteiger partial charge in [0, 0.05) is 6.54 Å². The lowest BCUT2D eigenvalue weighted by Gasteiger charge is -2.22. The van der Waals surface area contributed by atoms with Crippen LogP contribution in [0.5, 0.6) is 0 Å². The van der Waals surface area contributed by atoms with Crippen LogP contribution in [0.4, 0.5) is 0 Å². The van der Waals surface area contributed by atoms with Gasteiger partial charge in [-0.1, -0.05) is 12.8 Å². The predicted molar refractivity (Wildman–Crippen MR) is 66.9 cm³/mol. The smallest absolute Gasteiger partial charge is 0.101 e. The van der Waals surface area contributed by atoms with Crippen molar-refractivity contribution in [2.75, 3.05) is 20.1 Å². The van der Waals surface area contributed by atoms with Gasteiger partial charge in [0.05, 0.1) is 6.07 Å².